The van der Waals surface area contributed by atoms with Gasteiger partial charge in [-0.25, -0.2) is 19.7 Å². The van der Waals surface area contributed by atoms with E-state index in [0.717, 1.165) is 11.4 Å². The molecule has 2 amide bonds. The lowest BCUT2D eigenvalue weighted by Crippen LogP contribution is -2.50. The number of piperazine rings is 1. The van der Waals surface area contributed by atoms with E-state index in [1.54, 1.807) is 29.6 Å². The van der Waals surface area contributed by atoms with Gasteiger partial charge in [0.25, 0.3) is 0 Å². The quantitative estimate of drug-likeness (QED) is 0.585. The minimum atomic E-state index is -0.196. The van der Waals surface area contributed by atoms with Gasteiger partial charge in [-0.05, 0) is 35.2 Å². The number of hydrogen-bond acceptors (Lipinski definition) is 9. The Kier molecular flexibility index (Phi) is 6.71. The number of nitrogens with two attached hydrogens (primary N) is 1. The van der Waals surface area contributed by atoms with Crippen molar-refractivity contribution >= 4 is 23.6 Å². The Morgan fingerprint density at radius 1 is 1.15 bits per heavy atom. The van der Waals surface area contributed by atoms with E-state index in [2.05, 4.69) is 56.1 Å². The summed E-state index contributed by atoms with van der Waals surface area (Å²) in [7, 11) is 0. The van der Waals surface area contributed by atoms with Crippen LogP contribution < -0.4 is 20.7 Å². The maximum atomic E-state index is 12.8. The molecule has 4 rings (SSSR count). The van der Waals surface area contributed by atoms with Gasteiger partial charge in [-0.15, -0.1) is 5.10 Å². The molecule has 11 heteroatoms. The third kappa shape index (κ3) is 5.66. The van der Waals surface area contributed by atoms with Crippen LogP contribution in [0, 0.1) is 0 Å². The lowest BCUT2D eigenvalue weighted by Gasteiger charge is -2.35. The number of anilines is 3. The van der Waals surface area contributed by atoms with Gasteiger partial charge < -0.3 is 20.3 Å². The topological polar surface area (TPSA) is 135 Å². The Balaban J connectivity index is 1.35. The summed E-state index contributed by atoms with van der Waals surface area (Å²) in [5, 5.41) is 10.9. The fraction of sp³-hybridized carbons (Fsp3) is 0.391. The monoisotopic (exact) mass is 463 g/mol. The van der Waals surface area contributed by atoms with Crippen LogP contribution in [0.25, 0.3) is 0 Å². The second-order valence-electron chi connectivity index (χ2n) is 9.00. The number of urea groups is 1. The van der Waals surface area contributed by atoms with Crippen LogP contribution in [0.4, 0.5) is 22.4 Å². The normalized spacial score (nSPS) is 14.1. The number of pyridine rings is 1. The third-order valence-electron chi connectivity index (χ3n) is 5.48. The number of nitrogens with one attached hydrogen (secondary N) is 1. The molecule has 0 saturated carbocycles. The molecule has 3 aromatic rings. The summed E-state index contributed by atoms with van der Waals surface area (Å²) in [6.07, 6.45) is 5.05. The number of aromatic nitrogens is 5. The van der Waals surface area contributed by atoms with Crippen molar-refractivity contribution in [3.8, 4) is 5.75 Å². The molecule has 0 aliphatic carbocycles. The van der Waals surface area contributed by atoms with Crippen LogP contribution in [0.15, 0.2) is 42.9 Å². The maximum absolute atomic E-state index is 12.8. The average molecular weight is 464 g/mol. The Hall–Kier alpha value is -4.02. The zero-order valence-electron chi connectivity index (χ0n) is 19.6. The van der Waals surface area contributed by atoms with Crippen molar-refractivity contribution < 1.29 is 9.53 Å². The van der Waals surface area contributed by atoms with E-state index in [0.29, 0.717) is 43.4 Å². The first-order valence-corrected chi connectivity index (χ1v) is 11.1. The number of hydrogen-bond donors (Lipinski definition) is 2. The predicted molar refractivity (Wildman–Crippen MR) is 129 cm³/mol. The van der Waals surface area contributed by atoms with Crippen LogP contribution in [-0.4, -0.2) is 62.3 Å². The molecule has 1 saturated heterocycles. The van der Waals surface area contributed by atoms with Crippen LogP contribution >= 0.6 is 0 Å². The second kappa shape index (κ2) is 9.86. The van der Waals surface area contributed by atoms with Crippen molar-refractivity contribution in [3.05, 3.63) is 54.1 Å². The van der Waals surface area contributed by atoms with Crippen molar-refractivity contribution in [2.75, 3.05) is 42.1 Å². The summed E-state index contributed by atoms with van der Waals surface area (Å²) in [5.74, 6) is 2.03. The average Bonchev–Trinajstić information content (AvgIpc) is 2.83. The number of nitrogens with zero attached hydrogens (tertiary/aromatic N) is 7. The van der Waals surface area contributed by atoms with E-state index >= 15 is 0 Å². The molecule has 1 fully saturated rings. The Morgan fingerprint density at radius 3 is 2.68 bits per heavy atom. The van der Waals surface area contributed by atoms with Gasteiger partial charge >= 0.3 is 6.03 Å². The maximum Gasteiger partial charge on any atom is 0.323 e. The number of amides is 2. The van der Waals surface area contributed by atoms with Crippen molar-refractivity contribution in [2.45, 2.75) is 32.8 Å². The number of carbonyl (C=O) groups excluding carboxylic acids is 1. The van der Waals surface area contributed by atoms with Crippen LogP contribution in [0.1, 0.15) is 32.0 Å². The molecular formula is C23H29N9O2. The largest absolute Gasteiger partial charge is 0.483 e. The lowest BCUT2D eigenvalue weighted by atomic mass is 9.89. The zero-order valence-corrected chi connectivity index (χ0v) is 19.6. The molecule has 4 heterocycles. The second-order valence-corrected chi connectivity index (χ2v) is 9.00. The van der Waals surface area contributed by atoms with E-state index in [1.165, 1.54) is 0 Å². The minimum absolute atomic E-state index is 0.0798. The molecule has 34 heavy (non-hydrogen) atoms. The third-order valence-corrected chi connectivity index (χ3v) is 5.48. The summed E-state index contributed by atoms with van der Waals surface area (Å²) >= 11 is 0. The summed E-state index contributed by atoms with van der Waals surface area (Å²) in [6.45, 7) is 8.84. The summed E-state index contributed by atoms with van der Waals surface area (Å²) in [6, 6.07) is 7.12. The highest BCUT2D eigenvalue weighted by Crippen LogP contribution is 2.27. The first-order chi connectivity index (χ1) is 16.3. The first-order valence-electron chi connectivity index (χ1n) is 11.1. The number of nitrogen functional groups attached to an aromatic ring is 1. The van der Waals surface area contributed by atoms with Crippen LogP contribution in [0.2, 0.25) is 0 Å². The molecule has 0 aromatic carbocycles. The molecule has 0 spiro atoms. The molecule has 1 aliphatic heterocycles. The molecule has 3 aromatic heterocycles. The van der Waals surface area contributed by atoms with Crippen LogP contribution in [0.5, 0.6) is 5.75 Å². The number of carbonyl (C=O) groups is 1. The molecular weight excluding hydrogens is 434 g/mol. The SMILES string of the molecule is CC(C)(C)c1cnnc(NC(=O)N2CCN(c3ncccc3OCc3ccnc(N)n3)CC2)c1. The van der Waals surface area contributed by atoms with E-state index in [4.69, 9.17) is 10.5 Å². The Morgan fingerprint density at radius 2 is 1.94 bits per heavy atom. The standard InChI is InChI=1S/C23H29N9O2/c1-23(2,3)16-13-19(30-27-14-16)29-22(33)32-11-9-31(10-12-32)20-18(5-4-7-25-20)34-15-17-6-8-26-21(24)28-17/h4-8,13-14H,9-12,15H2,1-3H3,(H2,24,26,28)(H,29,30,33). The predicted octanol–water partition coefficient (Wildman–Crippen LogP) is 2.47. The van der Waals surface area contributed by atoms with Gasteiger partial charge in [0, 0.05) is 38.6 Å². The minimum Gasteiger partial charge on any atom is -0.483 e. The number of rotatable bonds is 5. The zero-order chi connectivity index (χ0) is 24.1. The van der Waals surface area contributed by atoms with Gasteiger partial charge in [-0.3, -0.25) is 5.32 Å². The Labute approximate surface area is 198 Å². The molecule has 0 unspecified atom stereocenters. The molecule has 1 aliphatic rings. The van der Waals surface area contributed by atoms with Crippen molar-refractivity contribution in [2.24, 2.45) is 0 Å². The van der Waals surface area contributed by atoms with Crippen molar-refractivity contribution in [1.82, 2.24) is 30.0 Å². The van der Waals surface area contributed by atoms with Gasteiger partial charge in [0.2, 0.25) is 5.95 Å². The van der Waals surface area contributed by atoms with E-state index < -0.39 is 0 Å². The Bertz CT molecular complexity index is 1140. The summed E-state index contributed by atoms with van der Waals surface area (Å²) < 4.78 is 5.97. The van der Waals surface area contributed by atoms with E-state index in [1.807, 2.05) is 18.2 Å². The highest BCUT2D eigenvalue weighted by atomic mass is 16.5. The van der Waals surface area contributed by atoms with Crippen molar-refractivity contribution in [1.29, 1.82) is 0 Å². The lowest BCUT2D eigenvalue weighted by molar-refractivity contribution is 0.207. The molecule has 0 radical (unpaired) electrons. The van der Waals surface area contributed by atoms with Gasteiger partial charge in [0.05, 0.1) is 11.9 Å². The fourth-order valence-corrected chi connectivity index (χ4v) is 3.53. The van der Waals surface area contributed by atoms with Crippen molar-refractivity contribution in [3.63, 3.8) is 0 Å². The molecule has 0 atom stereocenters. The molecule has 3 N–H and O–H groups in total. The van der Waals surface area contributed by atoms with Crippen LogP contribution in [-0.2, 0) is 12.0 Å². The van der Waals surface area contributed by atoms with E-state index in [9.17, 15) is 4.79 Å². The molecule has 11 nitrogen and oxygen atoms in total. The van der Waals surface area contributed by atoms with Gasteiger partial charge in [-0.2, -0.15) is 5.10 Å². The first kappa shape index (κ1) is 23.1. The molecule has 0 bridgehead atoms. The highest BCUT2D eigenvalue weighted by molar-refractivity contribution is 5.88. The van der Waals surface area contributed by atoms with Gasteiger partial charge in [0.1, 0.15) is 6.61 Å². The highest BCUT2D eigenvalue weighted by Gasteiger charge is 2.25. The van der Waals surface area contributed by atoms with E-state index in [-0.39, 0.29) is 24.0 Å². The smallest absolute Gasteiger partial charge is 0.323 e. The molecule has 178 valence electrons. The van der Waals surface area contributed by atoms with Gasteiger partial charge in [-0.1, -0.05) is 20.8 Å². The fourth-order valence-electron chi connectivity index (χ4n) is 3.53. The van der Waals surface area contributed by atoms with Gasteiger partial charge in [0.15, 0.2) is 17.4 Å². The summed E-state index contributed by atoms with van der Waals surface area (Å²) in [4.78, 5) is 29.2. The number of ether oxygens (including phenoxy) is 1. The summed E-state index contributed by atoms with van der Waals surface area (Å²) in [5.41, 5.74) is 7.26. The van der Waals surface area contributed by atoms with Crippen LogP contribution in [0.3, 0.4) is 0 Å².